The summed E-state index contributed by atoms with van der Waals surface area (Å²) >= 11 is 6.26. The summed E-state index contributed by atoms with van der Waals surface area (Å²) in [6.07, 6.45) is 2.04. The summed E-state index contributed by atoms with van der Waals surface area (Å²) in [7, 11) is 0. The molecular formula is C19H20ClN3O. The van der Waals surface area contributed by atoms with E-state index < -0.39 is 0 Å². The highest BCUT2D eigenvalue weighted by atomic mass is 35.5. The van der Waals surface area contributed by atoms with E-state index in [-0.39, 0.29) is 6.61 Å². The van der Waals surface area contributed by atoms with E-state index in [1.165, 1.54) is 0 Å². The number of aliphatic hydroxyl groups excluding tert-OH is 1. The number of nitrogens with zero attached hydrogens (tertiary/aromatic N) is 2. The Morgan fingerprint density at radius 3 is 2.50 bits per heavy atom. The van der Waals surface area contributed by atoms with E-state index in [4.69, 9.17) is 21.8 Å². The molecule has 3 aromatic rings. The highest BCUT2D eigenvalue weighted by Crippen LogP contribution is 2.23. The predicted octanol–water partition coefficient (Wildman–Crippen LogP) is 3.33. The molecule has 0 saturated heterocycles. The Morgan fingerprint density at radius 1 is 1.00 bits per heavy atom. The molecule has 4 nitrogen and oxygen atoms in total. The van der Waals surface area contributed by atoms with Gasteiger partial charge in [0.05, 0.1) is 18.8 Å². The molecule has 0 radical (unpaired) electrons. The van der Waals surface area contributed by atoms with Crippen molar-refractivity contribution in [2.24, 2.45) is 0 Å². The summed E-state index contributed by atoms with van der Waals surface area (Å²) < 4.78 is 1.92. The molecule has 2 aromatic carbocycles. The van der Waals surface area contributed by atoms with Gasteiger partial charge in [0.25, 0.3) is 0 Å². The molecule has 24 heavy (non-hydrogen) atoms. The maximum atomic E-state index is 8.96. The van der Waals surface area contributed by atoms with Gasteiger partial charge in [0.1, 0.15) is 0 Å². The van der Waals surface area contributed by atoms with Gasteiger partial charge in [-0.25, -0.2) is 0 Å². The summed E-state index contributed by atoms with van der Waals surface area (Å²) in [4.78, 5) is 0. The molecule has 0 amide bonds. The highest BCUT2D eigenvalue weighted by Gasteiger charge is 2.12. The molecule has 0 saturated carbocycles. The Kier molecular flexibility index (Phi) is 5.64. The van der Waals surface area contributed by atoms with Gasteiger partial charge >= 0.3 is 0 Å². The molecule has 0 unspecified atom stereocenters. The van der Waals surface area contributed by atoms with Crippen molar-refractivity contribution in [3.63, 3.8) is 0 Å². The fourth-order valence-electron chi connectivity index (χ4n) is 2.62. The van der Waals surface area contributed by atoms with Crippen molar-refractivity contribution in [1.82, 2.24) is 15.1 Å². The third kappa shape index (κ3) is 4.03. The largest absolute Gasteiger partial charge is 0.395 e. The van der Waals surface area contributed by atoms with Crippen LogP contribution in [0.4, 0.5) is 0 Å². The Hall–Kier alpha value is -2.14. The fraction of sp³-hybridized carbons (Fsp3) is 0.211. The second-order valence-electron chi connectivity index (χ2n) is 5.56. The third-order valence-electron chi connectivity index (χ3n) is 3.78. The van der Waals surface area contributed by atoms with Crippen LogP contribution >= 0.6 is 11.6 Å². The molecule has 0 aliphatic rings. The van der Waals surface area contributed by atoms with Crippen molar-refractivity contribution in [2.45, 2.75) is 13.1 Å². The lowest BCUT2D eigenvalue weighted by Crippen LogP contribution is -2.17. The number of hydrogen-bond donors (Lipinski definition) is 2. The van der Waals surface area contributed by atoms with Gasteiger partial charge in [0.15, 0.2) is 0 Å². The molecule has 0 bridgehead atoms. The third-order valence-corrected chi connectivity index (χ3v) is 4.15. The van der Waals surface area contributed by atoms with E-state index in [1.54, 1.807) is 0 Å². The molecule has 0 aliphatic carbocycles. The molecule has 1 heterocycles. The van der Waals surface area contributed by atoms with Crippen LogP contribution in [0.2, 0.25) is 5.02 Å². The number of nitrogens with one attached hydrogen (secondary N) is 1. The summed E-state index contributed by atoms with van der Waals surface area (Å²) in [5.74, 6) is 0. The first-order valence-corrected chi connectivity index (χ1v) is 8.32. The minimum atomic E-state index is 0.119. The smallest absolute Gasteiger partial charge is 0.0968 e. The average molecular weight is 342 g/mol. The first-order chi connectivity index (χ1) is 11.8. The molecule has 0 spiro atoms. The number of rotatable bonds is 7. The SMILES string of the molecule is OCCNCc1cn(Cc2ccccc2Cl)nc1-c1ccccc1. The monoisotopic (exact) mass is 341 g/mol. The Bertz CT molecular complexity index is 786. The Morgan fingerprint density at radius 2 is 1.75 bits per heavy atom. The van der Waals surface area contributed by atoms with Crippen molar-refractivity contribution in [3.05, 3.63) is 76.9 Å². The summed E-state index contributed by atoms with van der Waals surface area (Å²) in [5, 5.41) is 17.7. The average Bonchev–Trinajstić information content (AvgIpc) is 3.01. The molecule has 1 aromatic heterocycles. The normalized spacial score (nSPS) is 10.9. The molecule has 0 atom stereocenters. The van der Waals surface area contributed by atoms with Crippen LogP contribution in [0, 0.1) is 0 Å². The topological polar surface area (TPSA) is 50.1 Å². The predicted molar refractivity (Wildman–Crippen MR) is 97.0 cm³/mol. The number of hydrogen-bond acceptors (Lipinski definition) is 3. The van der Waals surface area contributed by atoms with Gasteiger partial charge in [0.2, 0.25) is 0 Å². The van der Waals surface area contributed by atoms with Gasteiger partial charge < -0.3 is 10.4 Å². The molecule has 124 valence electrons. The number of aromatic nitrogens is 2. The van der Waals surface area contributed by atoms with Gasteiger partial charge in [0, 0.05) is 35.4 Å². The lowest BCUT2D eigenvalue weighted by Gasteiger charge is -2.04. The molecule has 5 heteroatoms. The van der Waals surface area contributed by atoms with E-state index in [0.717, 1.165) is 27.4 Å². The minimum absolute atomic E-state index is 0.119. The van der Waals surface area contributed by atoms with Crippen molar-refractivity contribution < 1.29 is 5.11 Å². The summed E-state index contributed by atoms with van der Waals surface area (Å²) in [5.41, 5.74) is 4.17. The van der Waals surface area contributed by atoms with Crippen LogP contribution in [0.15, 0.2) is 60.8 Å². The van der Waals surface area contributed by atoms with E-state index in [0.29, 0.717) is 19.6 Å². The van der Waals surface area contributed by atoms with E-state index in [1.807, 2.05) is 53.3 Å². The van der Waals surface area contributed by atoms with Crippen LogP contribution in [0.5, 0.6) is 0 Å². The van der Waals surface area contributed by atoms with Crippen LogP contribution < -0.4 is 5.32 Å². The lowest BCUT2D eigenvalue weighted by atomic mass is 10.1. The zero-order valence-corrected chi connectivity index (χ0v) is 14.1. The van der Waals surface area contributed by atoms with Gasteiger partial charge in [-0.05, 0) is 11.6 Å². The van der Waals surface area contributed by atoms with Gasteiger partial charge in [-0.3, -0.25) is 4.68 Å². The second-order valence-corrected chi connectivity index (χ2v) is 5.97. The zero-order valence-electron chi connectivity index (χ0n) is 13.3. The first-order valence-electron chi connectivity index (χ1n) is 7.94. The van der Waals surface area contributed by atoms with Gasteiger partial charge in [-0.1, -0.05) is 60.1 Å². The van der Waals surface area contributed by atoms with Crippen molar-refractivity contribution in [1.29, 1.82) is 0 Å². The minimum Gasteiger partial charge on any atom is -0.395 e. The van der Waals surface area contributed by atoms with Crippen LogP contribution in [0.3, 0.4) is 0 Å². The first kappa shape index (κ1) is 16.7. The molecule has 2 N–H and O–H groups in total. The zero-order chi connectivity index (χ0) is 16.8. The maximum Gasteiger partial charge on any atom is 0.0968 e. The number of halogens is 1. The lowest BCUT2D eigenvalue weighted by molar-refractivity contribution is 0.292. The van der Waals surface area contributed by atoms with Gasteiger partial charge in [-0.15, -0.1) is 0 Å². The van der Waals surface area contributed by atoms with Gasteiger partial charge in [-0.2, -0.15) is 5.10 Å². The van der Waals surface area contributed by atoms with Crippen molar-refractivity contribution in [2.75, 3.05) is 13.2 Å². The number of benzene rings is 2. The summed E-state index contributed by atoms with van der Waals surface area (Å²) in [6.45, 7) is 1.96. The Labute approximate surface area is 146 Å². The second kappa shape index (κ2) is 8.11. The molecular weight excluding hydrogens is 322 g/mol. The van der Waals surface area contributed by atoms with Crippen LogP contribution in [0.1, 0.15) is 11.1 Å². The quantitative estimate of drug-likeness (QED) is 0.648. The molecule has 3 rings (SSSR count). The van der Waals surface area contributed by atoms with E-state index in [2.05, 4.69) is 17.4 Å². The van der Waals surface area contributed by atoms with Crippen molar-refractivity contribution >= 4 is 11.6 Å². The van der Waals surface area contributed by atoms with Crippen LogP contribution in [-0.4, -0.2) is 28.0 Å². The molecule has 0 fully saturated rings. The van der Waals surface area contributed by atoms with Crippen LogP contribution in [-0.2, 0) is 13.1 Å². The Balaban J connectivity index is 1.89. The summed E-state index contributed by atoms with van der Waals surface area (Å²) in [6, 6.07) is 17.9. The van der Waals surface area contributed by atoms with Crippen molar-refractivity contribution in [3.8, 4) is 11.3 Å². The standard InChI is InChI=1S/C19H20ClN3O/c20-18-9-5-4-8-16(18)13-23-14-17(12-21-10-11-24)19(22-23)15-6-2-1-3-7-15/h1-9,14,21,24H,10-13H2. The van der Waals surface area contributed by atoms with E-state index >= 15 is 0 Å². The maximum absolute atomic E-state index is 8.96. The molecule has 0 aliphatic heterocycles. The fourth-order valence-corrected chi connectivity index (χ4v) is 2.81. The number of aliphatic hydroxyl groups is 1. The highest BCUT2D eigenvalue weighted by molar-refractivity contribution is 6.31. The van der Waals surface area contributed by atoms with E-state index in [9.17, 15) is 0 Å². The van der Waals surface area contributed by atoms with Crippen LogP contribution in [0.25, 0.3) is 11.3 Å².